The van der Waals surface area contributed by atoms with E-state index in [1.807, 2.05) is 12.1 Å². The van der Waals surface area contributed by atoms with Gasteiger partial charge in [-0.25, -0.2) is 0 Å². The fourth-order valence-corrected chi connectivity index (χ4v) is 4.71. The Bertz CT molecular complexity index is 674. The van der Waals surface area contributed by atoms with Crippen molar-refractivity contribution in [3.8, 4) is 5.75 Å². The van der Waals surface area contributed by atoms with Crippen molar-refractivity contribution < 1.29 is 14.3 Å². The first-order chi connectivity index (χ1) is 10.5. The van der Waals surface area contributed by atoms with E-state index in [0.717, 1.165) is 37.0 Å². The summed E-state index contributed by atoms with van der Waals surface area (Å²) in [4.78, 5) is 24.7. The molecule has 0 aromatic heterocycles. The molecule has 2 heterocycles. The first-order valence-corrected chi connectivity index (χ1v) is 8.20. The van der Waals surface area contributed by atoms with Crippen LogP contribution in [-0.4, -0.2) is 17.4 Å². The number of amides is 1. The summed E-state index contributed by atoms with van der Waals surface area (Å²) in [5, 5.41) is 3.65. The highest BCUT2D eigenvalue weighted by Gasteiger charge is 2.60. The molecule has 1 aromatic rings. The number of hydrogen-bond acceptors (Lipinski definition) is 3. The van der Waals surface area contributed by atoms with E-state index in [4.69, 9.17) is 16.3 Å². The van der Waals surface area contributed by atoms with Crippen LogP contribution in [0.15, 0.2) is 18.2 Å². The van der Waals surface area contributed by atoms with Crippen LogP contribution in [0.1, 0.15) is 44.1 Å². The molecule has 5 heteroatoms. The van der Waals surface area contributed by atoms with Crippen molar-refractivity contribution in [1.29, 1.82) is 0 Å². The maximum Gasteiger partial charge on any atom is 0.234 e. The minimum atomic E-state index is -0.646. The van der Waals surface area contributed by atoms with Gasteiger partial charge in [-0.15, -0.1) is 0 Å². The molecule has 4 nitrogen and oxygen atoms in total. The molecule has 4 rings (SSSR count). The number of carbonyl (C=O) groups excluding carboxylic acids is 2. The Labute approximate surface area is 134 Å². The summed E-state index contributed by atoms with van der Waals surface area (Å²) < 4.78 is 6.25. The second kappa shape index (κ2) is 4.72. The predicted molar refractivity (Wildman–Crippen MR) is 81.8 cm³/mol. The van der Waals surface area contributed by atoms with Gasteiger partial charge < -0.3 is 10.1 Å². The molecule has 0 spiro atoms. The highest BCUT2D eigenvalue weighted by Crippen LogP contribution is 2.55. The molecular formula is C17H18ClNO3. The number of Topliss-reactive ketones (excluding diaryl/α,β-unsaturated/α-hetero) is 1. The van der Waals surface area contributed by atoms with E-state index >= 15 is 0 Å². The van der Waals surface area contributed by atoms with E-state index in [9.17, 15) is 9.59 Å². The SMILES string of the molecule is CC(=O)[C@H]1C(=O)N[C@@]23CCCC[C@@H]2[C@@H]1c1cc(Cl)ccc1O3. The number of nitrogens with one attached hydrogen (secondary N) is 1. The maximum absolute atomic E-state index is 12.5. The second-order valence-electron chi connectivity index (χ2n) is 6.63. The van der Waals surface area contributed by atoms with Crippen molar-refractivity contribution >= 4 is 23.3 Å². The van der Waals surface area contributed by atoms with Crippen LogP contribution >= 0.6 is 11.6 Å². The van der Waals surface area contributed by atoms with Crippen molar-refractivity contribution in [2.75, 3.05) is 0 Å². The van der Waals surface area contributed by atoms with Crippen LogP contribution < -0.4 is 10.1 Å². The molecule has 0 unspecified atom stereocenters. The molecule has 1 saturated heterocycles. The Morgan fingerprint density at radius 3 is 3.00 bits per heavy atom. The highest BCUT2D eigenvalue weighted by atomic mass is 35.5. The third-order valence-electron chi connectivity index (χ3n) is 5.38. The predicted octanol–water partition coefficient (Wildman–Crippen LogP) is 3.04. The summed E-state index contributed by atoms with van der Waals surface area (Å²) in [6.45, 7) is 1.50. The minimum Gasteiger partial charge on any atom is -0.467 e. The number of halogens is 1. The molecule has 3 aliphatic rings. The lowest BCUT2D eigenvalue weighted by Crippen LogP contribution is -2.69. The Balaban J connectivity index is 1.93. The van der Waals surface area contributed by atoms with E-state index in [0.29, 0.717) is 5.02 Å². The quantitative estimate of drug-likeness (QED) is 0.809. The number of hydrogen-bond donors (Lipinski definition) is 1. The van der Waals surface area contributed by atoms with Crippen molar-refractivity contribution in [1.82, 2.24) is 5.32 Å². The standard InChI is InChI=1S/C17H18ClNO3/c1-9(20)14-15-11-8-10(18)5-6-13(11)22-17(19-16(14)21)7-3-2-4-12(15)17/h5-6,8,12,14-15H,2-4,7H2,1H3,(H,19,21)/t12-,14-,15+,17-/m1/s1. The zero-order valence-electron chi connectivity index (χ0n) is 12.4. The largest absolute Gasteiger partial charge is 0.467 e. The summed E-state index contributed by atoms with van der Waals surface area (Å²) in [5.74, 6) is -0.181. The van der Waals surface area contributed by atoms with Gasteiger partial charge in [0, 0.05) is 28.8 Å². The Morgan fingerprint density at radius 2 is 2.23 bits per heavy atom. The number of piperidine rings is 1. The van der Waals surface area contributed by atoms with Crippen LogP contribution in [0.2, 0.25) is 5.02 Å². The Kier molecular flexibility index (Phi) is 3.02. The van der Waals surface area contributed by atoms with E-state index in [1.54, 1.807) is 6.07 Å². The molecule has 0 radical (unpaired) electrons. The number of ether oxygens (including phenoxy) is 1. The number of ketones is 1. The molecule has 116 valence electrons. The normalized spacial score (nSPS) is 35.7. The van der Waals surface area contributed by atoms with Gasteiger partial charge in [0.1, 0.15) is 17.5 Å². The van der Waals surface area contributed by atoms with Gasteiger partial charge in [0.05, 0.1) is 0 Å². The topological polar surface area (TPSA) is 55.4 Å². The van der Waals surface area contributed by atoms with Crippen LogP contribution in [0.3, 0.4) is 0 Å². The lowest BCUT2D eigenvalue weighted by molar-refractivity contribution is -0.160. The minimum absolute atomic E-state index is 0.0884. The third-order valence-corrected chi connectivity index (χ3v) is 5.62. The van der Waals surface area contributed by atoms with Crippen molar-refractivity contribution in [3.63, 3.8) is 0 Å². The second-order valence-corrected chi connectivity index (χ2v) is 7.07. The summed E-state index contributed by atoms with van der Waals surface area (Å²) in [6.07, 6.45) is 3.88. The molecule has 2 fully saturated rings. The lowest BCUT2D eigenvalue weighted by atomic mass is 9.61. The number of rotatable bonds is 1. The van der Waals surface area contributed by atoms with Crippen LogP contribution in [0, 0.1) is 11.8 Å². The van der Waals surface area contributed by atoms with Crippen molar-refractivity contribution in [3.05, 3.63) is 28.8 Å². The Morgan fingerprint density at radius 1 is 1.41 bits per heavy atom. The van der Waals surface area contributed by atoms with Crippen LogP contribution in [0.5, 0.6) is 5.75 Å². The molecule has 2 aliphatic heterocycles. The van der Waals surface area contributed by atoms with Gasteiger partial charge in [0.25, 0.3) is 0 Å². The Hall–Kier alpha value is -1.55. The van der Waals surface area contributed by atoms with Gasteiger partial charge >= 0.3 is 0 Å². The van der Waals surface area contributed by atoms with E-state index < -0.39 is 11.6 Å². The average Bonchev–Trinajstić information content (AvgIpc) is 2.46. The monoisotopic (exact) mass is 319 g/mol. The van der Waals surface area contributed by atoms with Crippen molar-refractivity contribution in [2.45, 2.75) is 44.2 Å². The average molecular weight is 320 g/mol. The van der Waals surface area contributed by atoms with E-state index in [1.165, 1.54) is 6.92 Å². The molecule has 1 N–H and O–H groups in total. The first kappa shape index (κ1) is 14.1. The zero-order valence-corrected chi connectivity index (χ0v) is 13.2. The van der Waals surface area contributed by atoms with Gasteiger partial charge in [0.2, 0.25) is 5.91 Å². The van der Waals surface area contributed by atoms with Gasteiger partial charge in [-0.2, -0.15) is 0 Å². The van der Waals surface area contributed by atoms with Gasteiger partial charge in [-0.1, -0.05) is 18.0 Å². The molecule has 2 bridgehead atoms. The van der Waals surface area contributed by atoms with Crippen LogP contribution in [0.4, 0.5) is 0 Å². The highest BCUT2D eigenvalue weighted by molar-refractivity contribution is 6.30. The van der Waals surface area contributed by atoms with Crippen LogP contribution in [-0.2, 0) is 9.59 Å². The van der Waals surface area contributed by atoms with Crippen LogP contribution in [0.25, 0.3) is 0 Å². The maximum atomic E-state index is 12.5. The fourth-order valence-electron chi connectivity index (χ4n) is 4.53. The van der Waals surface area contributed by atoms with E-state index in [2.05, 4.69) is 5.32 Å². The summed E-state index contributed by atoms with van der Waals surface area (Å²) in [5.41, 5.74) is 0.261. The zero-order chi connectivity index (χ0) is 15.5. The fraction of sp³-hybridized carbons (Fsp3) is 0.529. The molecule has 1 aromatic carbocycles. The molecule has 1 saturated carbocycles. The van der Waals surface area contributed by atoms with Crippen molar-refractivity contribution in [2.24, 2.45) is 11.8 Å². The molecule has 4 atom stereocenters. The van der Waals surface area contributed by atoms with Gasteiger partial charge in [0.15, 0.2) is 5.72 Å². The summed E-state index contributed by atoms with van der Waals surface area (Å²) >= 11 is 6.15. The third kappa shape index (κ3) is 1.83. The summed E-state index contributed by atoms with van der Waals surface area (Å²) in [6, 6.07) is 5.50. The summed E-state index contributed by atoms with van der Waals surface area (Å²) in [7, 11) is 0. The number of carbonyl (C=O) groups is 2. The number of benzene rings is 1. The van der Waals surface area contributed by atoms with Gasteiger partial charge in [-0.05, 0) is 38.0 Å². The smallest absolute Gasteiger partial charge is 0.234 e. The van der Waals surface area contributed by atoms with Gasteiger partial charge in [-0.3, -0.25) is 9.59 Å². The molecule has 1 aliphatic carbocycles. The molecule has 1 amide bonds. The number of fused-ring (bicyclic) bond motifs is 2. The first-order valence-electron chi connectivity index (χ1n) is 7.83. The molecular weight excluding hydrogens is 302 g/mol. The van der Waals surface area contributed by atoms with E-state index in [-0.39, 0.29) is 23.5 Å². The molecule has 22 heavy (non-hydrogen) atoms. The lowest BCUT2D eigenvalue weighted by Gasteiger charge is -2.56.